The Balaban J connectivity index is 2.57. The summed E-state index contributed by atoms with van der Waals surface area (Å²) in [5.41, 5.74) is -0.472. The fourth-order valence-corrected chi connectivity index (χ4v) is 1.45. The first-order valence-corrected chi connectivity index (χ1v) is 4.58. The fourth-order valence-electron chi connectivity index (χ4n) is 1.45. The lowest BCUT2D eigenvalue weighted by molar-refractivity contribution is -0.137. The van der Waals surface area contributed by atoms with Crippen molar-refractivity contribution in [3.8, 4) is 11.3 Å². The zero-order chi connectivity index (χ0) is 11.8. The molecule has 2 rings (SSSR count). The van der Waals surface area contributed by atoms with Crippen LogP contribution in [0.15, 0.2) is 34.9 Å². The third-order valence-electron chi connectivity index (χ3n) is 2.14. The number of aromatic nitrogens is 1. The van der Waals surface area contributed by atoms with Crippen LogP contribution in [0.4, 0.5) is 13.2 Å². The number of rotatable bonds is 1. The second-order valence-electron chi connectivity index (χ2n) is 3.37. The summed E-state index contributed by atoms with van der Waals surface area (Å²) in [5, 5.41) is 3.59. The summed E-state index contributed by atoms with van der Waals surface area (Å²) in [6.45, 7) is 1.63. The molecule has 0 radical (unpaired) electrons. The first kappa shape index (κ1) is 10.7. The molecule has 0 amide bonds. The molecule has 0 unspecified atom stereocenters. The number of aryl methyl sites for hydroxylation is 1. The summed E-state index contributed by atoms with van der Waals surface area (Å²) in [6.07, 6.45) is -4.39. The smallest absolute Gasteiger partial charge is 0.361 e. The zero-order valence-electron chi connectivity index (χ0n) is 8.38. The average Bonchev–Trinajstić information content (AvgIpc) is 2.64. The van der Waals surface area contributed by atoms with Crippen LogP contribution >= 0.6 is 0 Å². The fraction of sp³-hybridized carbons (Fsp3) is 0.182. The number of benzene rings is 1. The molecule has 0 aliphatic rings. The highest BCUT2D eigenvalue weighted by Crippen LogP contribution is 2.36. The number of hydrogen-bond donors (Lipinski definition) is 0. The Bertz CT molecular complexity index is 502. The number of hydrogen-bond acceptors (Lipinski definition) is 2. The predicted molar refractivity (Wildman–Crippen MR) is 51.7 cm³/mol. The lowest BCUT2D eigenvalue weighted by atomic mass is 10.0. The Labute approximate surface area is 89.7 Å². The molecule has 84 valence electrons. The predicted octanol–water partition coefficient (Wildman–Crippen LogP) is 3.67. The topological polar surface area (TPSA) is 26.0 Å². The van der Waals surface area contributed by atoms with Crippen molar-refractivity contribution in [2.75, 3.05) is 0 Å². The van der Waals surface area contributed by atoms with E-state index in [-0.39, 0.29) is 11.3 Å². The maximum Gasteiger partial charge on any atom is 0.417 e. The molecule has 2 aromatic rings. The summed E-state index contributed by atoms with van der Waals surface area (Å²) < 4.78 is 42.8. The van der Waals surface area contributed by atoms with E-state index in [1.165, 1.54) is 24.3 Å². The van der Waals surface area contributed by atoms with Crippen LogP contribution in [0.2, 0.25) is 0 Å². The Kier molecular flexibility index (Phi) is 2.46. The van der Waals surface area contributed by atoms with Crippen molar-refractivity contribution >= 4 is 0 Å². The second kappa shape index (κ2) is 3.66. The minimum absolute atomic E-state index is 0.0341. The molecule has 2 nitrogen and oxygen atoms in total. The molecule has 0 bridgehead atoms. The summed E-state index contributed by atoms with van der Waals surface area (Å²) in [4.78, 5) is 0. The molecular weight excluding hydrogens is 219 g/mol. The Morgan fingerprint density at radius 1 is 1.19 bits per heavy atom. The van der Waals surface area contributed by atoms with Crippen LogP contribution in [0.3, 0.4) is 0 Å². The molecule has 0 fully saturated rings. The van der Waals surface area contributed by atoms with Gasteiger partial charge in [0.15, 0.2) is 0 Å². The van der Waals surface area contributed by atoms with E-state index in [1.807, 2.05) is 0 Å². The maximum absolute atomic E-state index is 12.7. The molecular formula is C11H8F3NO. The highest BCUT2D eigenvalue weighted by molar-refractivity contribution is 5.64. The van der Waals surface area contributed by atoms with Gasteiger partial charge in [0.05, 0.1) is 5.56 Å². The minimum Gasteiger partial charge on any atom is -0.361 e. The van der Waals surface area contributed by atoms with Crippen molar-refractivity contribution in [3.63, 3.8) is 0 Å². The van der Waals surface area contributed by atoms with Crippen LogP contribution < -0.4 is 0 Å². The van der Waals surface area contributed by atoms with Gasteiger partial charge in [-0.05, 0) is 13.0 Å². The van der Waals surface area contributed by atoms with Crippen LogP contribution in [0.5, 0.6) is 0 Å². The van der Waals surface area contributed by atoms with Gasteiger partial charge in [0.1, 0.15) is 11.5 Å². The molecule has 0 spiro atoms. The lowest BCUT2D eigenvalue weighted by Gasteiger charge is -2.10. The summed E-state index contributed by atoms with van der Waals surface area (Å²) in [5.74, 6) is 0.479. The highest BCUT2D eigenvalue weighted by atomic mass is 19.4. The van der Waals surface area contributed by atoms with Crippen LogP contribution in [0.1, 0.15) is 11.3 Å². The standard InChI is InChI=1S/C11H8F3NO/c1-7-6-10(15-16-7)8-4-2-3-5-9(8)11(12,13)14/h2-6H,1H3. The van der Waals surface area contributed by atoms with Gasteiger partial charge in [0.2, 0.25) is 0 Å². The summed E-state index contributed by atoms with van der Waals surface area (Å²) in [6, 6.07) is 6.76. The third-order valence-corrected chi connectivity index (χ3v) is 2.14. The number of alkyl halides is 3. The first-order valence-electron chi connectivity index (χ1n) is 4.58. The molecule has 1 aromatic carbocycles. The molecule has 0 saturated heterocycles. The minimum atomic E-state index is -4.39. The molecule has 0 aliphatic carbocycles. The van der Waals surface area contributed by atoms with Crippen molar-refractivity contribution in [2.24, 2.45) is 0 Å². The SMILES string of the molecule is Cc1cc(-c2ccccc2C(F)(F)F)no1. The molecule has 5 heteroatoms. The molecule has 0 saturated carbocycles. The molecule has 0 N–H and O–H groups in total. The van der Waals surface area contributed by atoms with Gasteiger partial charge in [-0.25, -0.2) is 0 Å². The van der Waals surface area contributed by atoms with Gasteiger partial charge in [-0.2, -0.15) is 13.2 Å². The zero-order valence-corrected chi connectivity index (χ0v) is 8.38. The van der Waals surface area contributed by atoms with Gasteiger partial charge in [-0.15, -0.1) is 0 Å². The molecule has 16 heavy (non-hydrogen) atoms. The van der Waals surface area contributed by atoms with Gasteiger partial charge in [0.25, 0.3) is 0 Å². The van der Waals surface area contributed by atoms with E-state index < -0.39 is 11.7 Å². The van der Waals surface area contributed by atoms with E-state index in [9.17, 15) is 13.2 Å². The average molecular weight is 227 g/mol. The lowest BCUT2D eigenvalue weighted by Crippen LogP contribution is -2.06. The largest absolute Gasteiger partial charge is 0.417 e. The molecule has 1 aromatic heterocycles. The Hall–Kier alpha value is -1.78. The Morgan fingerprint density at radius 3 is 2.44 bits per heavy atom. The summed E-state index contributed by atoms with van der Waals surface area (Å²) >= 11 is 0. The van der Waals surface area contributed by atoms with Crippen LogP contribution in [-0.2, 0) is 6.18 Å². The number of nitrogens with zero attached hydrogens (tertiary/aromatic N) is 1. The van der Waals surface area contributed by atoms with Crippen molar-refractivity contribution in [2.45, 2.75) is 13.1 Å². The molecule has 0 atom stereocenters. The third kappa shape index (κ3) is 1.93. The Morgan fingerprint density at radius 2 is 1.88 bits per heavy atom. The molecule has 1 heterocycles. The van der Waals surface area contributed by atoms with E-state index in [0.717, 1.165) is 6.07 Å². The second-order valence-corrected chi connectivity index (χ2v) is 3.37. The van der Waals surface area contributed by atoms with Crippen LogP contribution in [0.25, 0.3) is 11.3 Å². The quantitative estimate of drug-likeness (QED) is 0.742. The van der Waals surface area contributed by atoms with Crippen molar-refractivity contribution < 1.29 is 17.7 Å². The van der Waals surface area contributed by atoms with Gasteiger partial charge in [-0.1, -0.05) is 23.4 Å². The summed E-state index contributed by atoms with van der Waals surface area (Å²) in [7, 11) is 0. The van der Waals surface area contributed by atoms with Crippen molar-refractivity contribution in [1.29, 1.82) is 0 Å². The maximum atomic E-state index is 12.7. The van der Waals surface area contributed by atoms with E-state index in [0.29, 0.717) is 5.76 Å². The molecule has 0 aliphatic heterocycles. The normalized spacial score (nSPS) is 11.8. The van der Waals surface area contributed by atoms with Gasteiger partial charge in [-0.3, -0.25) is 0 Å². The van der Waals surface area contributed by atoms with Crippen LogP contribution in [0, 0.1) is 6.92 Å². The van der Waals surface area contributed by atoms with E-state index >= 15 is 0 Å². The first-order chi connectivity index (χ1) is 7.48. The van der Waals surface area contributed by atoms with Crippen molar-refractivity contribution in [3.05, 3.63) is 41.7 Å². The van der Waals surface area contributed by atoms with Gasteiger partial charge >= 0.3 is 6.18 Å². The van der Waals surface area contributed by atoms with Gasteiger partial charge < -0.3 is 4.52 Å². The van der Waals surface area contributed by atoms with Crippen LogP contribution in [-0.4, -0.2) is 5.16 Å². The monoisotopic (exact) mass is 227 g/mol. The van der Waals surface area contributed by atoms with Crippen molar-refractivity contribution in [1.82, 2.24) is 5.16 Å². The van der Waals surface area contributed by atoms with E-state index in [2.05, 4.69) is 5.16 Å². The van der Waals surface area contributed by atoms with E-state index in [4.69, 9.17) is 4.52 Å². The highest BCUT2D eigenvalue weighted by Gasteiger charge is 2.33. The van der Waals surface area contributed by atoms with Gasteiger partial charge in [0, 0.05) is 11.6 Å². The van der Waals surface area contributed by atoms with E-state index in [1.54, 1.807) is 6.92 Å². The number of halogens is 3.